The summed E-state index contributed by atoms with van der Waals surface area (Å²) in [5, 5.41) is 0. The Hall–Kier alpha value is -2.55. The van der Waals surface area contributed by atoms with Gasteiger partial charge in [-0.2, -0.15) is 0 Å². The smallest absolute Gasteiger partial charge is 0.118 e. The van der Waals surface area contributed by atoms with Crippen molar-refractivity contribution in [3.05, 3.63) is 60.9 Å². The van der Waals surface area contributed by atoms with E-state index in [1.807, 2.05) is 42.5 Å². The van der Waals surface area contributed by atoms with E-state index in [0.29, 0.717) is 0 Å². The third-order valence-corrected chi connectivity index (χ3v) is 3.07. The quantitative estimate of drug-likeness (QED) is 0.768. The summed E-state index contributed by atoms with van der Waals surface area (Å²) in [4.78, 5) is 7.62. The minimum Gasteiger partial charge on any atom is -0.497 e. The van der Waals surface area contributed by atoms with Gasteiger partial charge in [0.25, 0.3) is 0 Å². The molecule has 94 valence electrons. The lowest BCUT2D eigenvalue weighted by molar-refractivity contribution is 0.415. The van der Waals surface area contributed by atoms with Crippen LogP contribution in [-0.2, 0) is 0 Å². The number of aromatic amines is 1. The van der Waals surface area contributed by atoms with Gasteiger partial charge in [0.1, 0.15) is 5.75 Å². The third kappa shape index (κ3) is 2.22. The molecule has 3 nitrogen and oxygen atoms in total. The molecule has 0 saturated heterocycles. The average molecular weight is 250 g/mol. The number of H-pyrrole nitrogens is 1. The van der Waals surface area contributed by atoms with Crippen LogP contribution in [0.25, 0.3) is 22.5 Å². The highest BCUT2D eigenvalue weighted by atomic mass is 16.5. The summed E-state index contributed by atoms with van der Waals surface area (Å²) >= 11 is 0. The molecule has 3 rings (SSSR count). The van der Waals surface area contributed by atoms with Gasteiger partial charge in [0, 0.05) is 11.1 Å². The van der Waals surface area contributed by atoms with Crippen LogP contribution >= 0.6 is 0 Å². The zero-order valence-electron chi connectivity index (χ0n) is 10.6. The van der Waals surface area contributed by atoms with E-state index >= 15 is 0 Å². The normalized spacial score (nSPS) is 10.4. The lowest BCUT2D eigenvalue weighted by Gasteiger charge is -2.04. The number of nitrogens with zero attached hydrogens (tertiary/aromatic N) is 1. The van der Waals surface area contributed by atoms with Crippen LogP contribution < -0.4 is 4.74 Å². The van der Waals surface area contributed by atoms with Gasteiger partial charge < -0.3 is 9.72 Å². The van der Waals surface area contributed by atoms with Gasteiger partial charge in [0.05, 0.1) is 24.8 Å². The van der Waals surface area contributed by atoms with Crippen molar-refractivity contribution in [2.75, 3.05) is 7.11 Å². The van der Waals surface area contributed by atoms with Gasteiger partial charge in [-0.25, -0.2) is 4.98 Å². The van der Waals surface area contributed by atoms with Crippen molar-refractivity contribution in [3.63, 3.8) is 0 Å². The fourth-order valence-electron chi connectivity index (χ4n) is 2.09. The van der Waals surface area contributed by atoms with E-state index < -0.39 is 0 Å². The number of benzene rings is 2. The van der Waals surface area contributed by atoms with Gasteiger partial charge in [0.15, 0.2) is 0 Å². The number of imidazole rings is 1. The molecule has 0 unspecified atom stereocenters. The van der Waals surface area contributed by atoms with Crippen LogP contribution in [0, 0.1) is 0 Å². The summed E-state index contributed by atoms with van der Waals surface area (Å²) in [5.41, 5.74) is 4.19. The standard InChI is InChI=1S/C16H14N2O/c1-19-14-9-7-13(8-10-14)16-15(17-11-18-16)12-5-3-2-4-6-12/h2-11H,1H3,(H,17,18). The zero-order chi connectivity index (χ0) is 13.1. The highest BCUT2D eigenvalue weighted by Gasteiger charge is 2.09. The summed E-state index contributed by atoms with van der Waals surface area (Å²) in [6.45, 7) is 0. The fourth-order valence-corrected chi connectivity index (χ4v) is 2.09. The first-order valence-electron chi connectivity index (χ1n) is 6.11. The van der Waals surface area contributed by atoms with Crippen molar-refractivity contribution in [2.45, 2.75) is 0 Å². The van der Waals surface area contributed by atoms with Crippen LogP contribution in [0.3, 0.4) is 0 Å². The molecule has 3 aromatic rings. The molecule has 0 saturated carbocycles. The molecule has 0 amide bonds. The Morgan fingerprint density at radius 1 is 0.895 bits per heavy atom. The first kappa shape index (κ1) is 11.5. The molecule has 3 heteroatoms. The highest BCUT2D eigenvalue weighted by Crippen LogP contribution is 2.29. The number of methoxy groups -OCH3 is 1. The number of hydrogen-bond acceptors (Lipinski definition) is 2. The van der Waals surface area contributed by atoms with Crippen LogP contribution in [0.15, 0.2) is 60.9 Å². The molecule has 2 aromatic carbocycles. The zero-order valence-corrected chi connectivity index (χ0v) is 10.6. The summed E-state index contributed by atoms with van der Waals surface area (Å²) < 4.78 is 5.18. The van der Waals surface area contributed by atoms with Crippen LogP contribution in [0.5, 0.6) is 5.75 Å². The minimum atomic E-state index is 0.851. The van der Waals surface area contributed by atoms with E-state index in [1.165, 1.54) is 0 Å². The molecule has 0 aliphatic rings. The van der Waals surface area contributed by atoms with E-state index in [0.717, 1.165) is 28.3 Å². The molecule has 0 spiro atoms. The van der Waals surface area contributed by atoms with E-state index in [2.05, 4.69) is 22.1 Å². The molecule has 0 atom stereocenters. The van der Waals surface area contributed by atoms with E-state index in [4.69, 9.17) is 4.74 Å². The third-order valence-electron chi connectivity index (χ3n) is 3.07. The number of rotatable bonds is 3. The lowest BCUT2D eigenvalue weighted by atomic mass is 10.1. The molecular formula is C16H14N2O. The van der Waals surface area contributed by atoms with Crippen LogP contribution in [0.2, 0.25) is 0 Å². The topological polar surface area (TPSA) is 37.9 Å². The first-order chi connectivity index (χ1) is 9.38. The molecular weight excluding hydrogens is 236 g/mol. The molecule has 0 radical (unpaired) electrons. The number of nitrogens with one attached hydrogen (secondary N) is 1. The summed E-state index contributed by atoms with van der Waals surface area (Å²) in [6.07, 6.45) is 1.72. The Morgan fingerprint density at radius 2 is 1.63 bits per heavy atom. The Kier molecular flexibility index (Phi) is 3.02. The SMILES string of the molecule is COc1ccc(-c2[nH]cnc2-c2ccccc2)cc1. The molecule has 0 fully saturated rings. The van der Waals surface area contributed by atoms with Gasteiger partial charge in [-0.1, -0.05) is 30.3 Å². The van der Waals surface area contributed by atoms with Gasteiger partial charge in [-0.05, 0) is 24.3 Å². The number of ether oxygens (including phenoxy) is 1. The first-order valence-corrected chi connectivity index (χ1v) is 6.11. The van der Waals surface area contributed by atoms with Crippen molar-refractivity contribution in [3.8, 4) is 28.3 Å². The molecule has 0 aliphatic heterocycles. The van der Waals surface area contributed by atoms with Crippen molar-refractivity contribution in [1.82, 2.24) is 9.97 Å². The van der Waals surface area contributed by atoms with E-state index in [1.54, 1.807) is 13.4 Å². The maximum absolute atomic E-state index is 5.18. The Bertz CT molecular complexity index is 657. The van der Waals surface area contributed by atoms with Crippen molar-refractivity contribution in [2.24, 2.45) is 0 Å². The molecule has 19 heavy (non-hydrogen) atoms. The van der Waals surface area contributed by atoms with Crippen molar-refractivity contribution >= 4 is 0 Å². The Morgan fingerprint density at radius 3 is 2.32 bits per heavy atom. The minimum absolute atomic E-state index is 0.851. The van der Waals surface area contributed by atoms with Crippen LogP contribution in [0.1, 0.15) is 0 Å². The van der Waals surface area contributed by atoms with Gasteiger partial charge >= 0.3 is 0 Å². The monoisotopic (exact) mass is 250 g/mol. The van der Waals surface area contributed by atoms with Gasteiger partial charge in [0.2, 0.25) is 0 Å². The maximum atomic E-state index is 5.18. The molecule has 1 heterocycles. The van der Waals surface area contributed by atoms with Crippen molar-refractivity contribution < 1.29 is 4.74 Å². The highest BCUT2D eigenvalue weighted by molar-refractivity contribution is 5.78. The Labute approximate surface area is 111 Å². The number of hydrogen-bond donors (Lipinski definition) is 1. The second-order valence-electron chi connectivity index (χ2n) is 4.22. The Balaban J connectivity index is 2.04. The van der Waals surface area contributed by atoms with Crippen LogP contribution in [-0.4, -0.2) is 17.1 Å². The lowest BCUT2D eigenvalue weighted by Crippen LogP contribution is -1.85. The summed E-state index contributed by atoms with van der Waals surface area (Å²) in [5.74, 6) is 0.851. The van der Waals surface area contributed by atoms with Crippen LogP contribution in [0.4, 0.5) is 0 Å². The second-order valence-corrected chi connectivity index (χ2v) is 4.22. The molecule has 0 bridgehead atoms. The maximum Gasteiger partial charge on any atom is 0.118 e. The predicted molar refractivity (Wildman–Crippen MR) is 76.0 cm³/mol. The van der Waals surface area contributed by atoms with E-state index in [-0.39, 0.29) is 0 Å². The largest absolute Gasteiger partial charge is 0.497 e. The number of aromatic nitrogens is 2. The molecule has 1 N–H and O–H groups in total. The summed E-state index contributed by atoms with van der Waals surface area (Å²) in [6, 6.07) is 18.1. The predicted octanol–water partition coefficient (Wildman–Crippen LogP) is 3.75. The average Bonchev–Trinajstić information content (AvgIpc) is 2.98. The summed E-state index contributed by atoms with van der Waals surface area (Å²) in [7, 11) is 1.67. The molecule has 1 aromatic heterocycles. The fraction of sp³-hybridized carbons (Fsp3) is 0.0625. The van der Waals surface area contributed by atoms with Gasteiger partial charge in [-0.15, -0.1) is 0 Å². The molecule has 0 aliphatic carbocycles. The van der Waals surface area contributed by atoms with E-state index in [9.17, 15) is 0 Å². The van der Waals surface area contributed by atoms with Gasteiger partial charge in [-0.3, -0.25) is 0 Å². The van der Waals surface area contributed by atoms with Crippen molar-refractivity contribution in [1.29, 1.82) is 0 Å². The second kappa shape index (κ2) is 4.98.